The number of anilines is 1. The number of hydrogen-bond donors (Lipinski definition) is 1. The summed E-state index contributed by atoms with van der Waals surface area (Å²) in [4.78, 5) is 18.4. The number of benzene rings is 1. The minimum atomic E-state index is -2.81. The first-order chi connectivity index (χ1) is 10.1. The van der Waals surface area contributed by atoms with Crippen LogP contribution in [0.3, 0.4) is 0 Å². The van der Waals surface area contributed by atoms with Crippen LogP contribution in [0.5, 0.6) is 0 Å². The van der Waals surface area contributed by atoms with Gasteiger partial charge in [0.2, 0.25) is 11.9 Å². The van der Waals surface area contributed by atoms with Crippen molar-refractivity contribution in [1.82, 2.24) is 14.9 Å². The van der Waals surface area contributed by atoms with Crippen LogP contribution < -0.4 is 10.2 Å². The highest BCUT2D eigenvalue weighted by Crippen LogP contribution is 2.30. The molecular weight excluding hydrogens is 278 g/mol. The predicted molar refractivity (Wildman–Crippen MR) is 73.4 cm³/mol. The number of nitrogens with one attached hydrogen (secondary N) is 1. The number of fused-ring (bicyclic) bond motifs is 3. The molecule has 2 aliphatic rings. The van der Waals surface area contributed by atoms with E-state index in [0.29, 0.717) is 19.0 Å². The first-order valence-corrected chi connectivity index (χ1v) is 6.93. The normalized spacial score (nSPS) is 23.7. The number of aromatic nitrogens is 2. The van der Waals surface area contributed by atoms with Gasteiger partial charge in [-0.1, -0.05) is 12.1 Å². The van der Waals surface area contributed by atoms with Gasteiger partial charge in [-0.05, 0) is 12.1 Å². The number of amides is 1. The molecule has 1 aromatic heterocycles. The summed E-state index contributed by atoms with van der Waals surface area (Å²) >= 11 is 0. The first kappa shape index (κ1) is 12.7. The first-order valence-electron chi connectivity index (χ1n) is 6.93. The fraction of sp³-hybridized carbons (Fsp3) is 0.429. The number of hydrogen-bond acceptors (Lipinski definition) is 3. The van der Waals surface area contributed by atoms with Gasteiger partial charge in [0.1, 0.15) is 0 Å². The van der Waals surface area contributed by atoms with Crippen molar-refractivity contribution in [2.45, 2.75) is 24.9 Å². The maximum atomic E-state index is 13.3. The van der Waals surface area contributed by atoms with E-state index in [9.17, 15) is 13.6 Å². The average Bonchev–Trinajstić information content (AvgIpc) is 3.10. The molecule has 0 spiro atoms. The van der Waals surface area contributed by atoms with Gasteiger partial charge in [-0.25, -0.2) is 13.8 Å². The summed E-state index contributed by atoms with van der Waals surface area (Å²) in [6.07, 6.45) is -0.442. The molecular formula is C14H14F2N4O. The molecule has 0 bridgehead atoms. The lowest BCUT2D eigenvalue weighted by molar-refractivity contribution is -0.120. The molecule has 0 saturated carbocycles. The zero-order valence-electron chi connectivity index (χ0n) is 11.2. The molecule has 110 valence electrons. The SMILES string of the molecule is O=C(C1CC(F)(F)CN1)N1CCn2c1nc1ccccc12. The molecule has 1 amide bonds. The van der Waals surface area contributed by atoms with E-state index in [1.165, 1.54) is 4.90 Å². The van der Waals surface area contributed by atoms with Crippen molar-refractivity contribution >= 4 is 22.9 Å². The lowest BCUT2D eigenvalue weighted by Crippen LogP contribution is -2.43. The van der Waals surface area contributed by atoms with Crippen LogP contribution in [0.4, 0.5) is 14.7 Å². The van der Waals surface area contributed by atoms with Crippen LogP contribution in [-0.4, -0.2) is 40.5 Å². The summed E-state index contributed by atoms with van der Waals surface area (Å²) in [5.74, 6) is -2.57. The summed E-state index contributed by atoms with van der Waals surface area (Å²) in [6, 6.07) is 6.80. The smallest absolute Gasteiger partial charge is 0.262 e. The third kappa shape index (κ3) is 1.91. The van der Waals surface area contributed by atoms with Gasteiger partial charge >= 0.3 is 0 Å². The largest absolute Gasteiger partial charge is 0.308 e. The molecule has 1 fully saturated rings. The highest BCUT2D eigenvalue weighted by atomic mass is 19.3. The van der Waals surface area contributed by atoms with Crippen LogP contribution >= 0.6 is 0 Å². The maximum absolute atomic E-state index is 13.3. The Morgan fingerprint density at radius 3 is 2.90 bits per heavy atom. The Kier molecular flexibility index (Phi) is 2.56. The van der Waals surface area contributed by atoms with E-state index in [1.807, 2.05) is 28.8 Å². The number of para-hydroxylation sites is 2. The molecule has 4 rings (SSSR count). The van der Waals surface area contributed by atoms with Crippen molar-refractivity contribution in [2.24, 2.45) is 0 Å². The van der Waals surface area contributed by atoms with Crippen LogP contribution in [0, 0.1) is 0 Å². The Hall–Kier alpha value is -2.02. The van der Waals surface area contributed by atoms with Crippen molar-refractivity contribution in [3.63, 3.8) is 0 Å². The van der Waals surface area contributed by atoms with Crippen molar-refractivity contribution in [3.05, 3.63) is 24.3 Å². The lowest BCUT2D eigenvalue weighted by Gasteiger charge is -2.18. The number of imidazole rings is 1. The minimum Gasteiger partial charge on any atom is -0.308 e. The summed E-state index contributed by atoms with van der Waals surface area (Å²) in [5.41, 5.74) is 1.78. The van der Waals surface area contributed by atoms with Crippen LogP contribution in [0.25, 0.3) is 11.0 Å². The monoisotopic (exact) mass is 292 g/mol. The van der Waals surface area contributed by atoms with E-state index < -0.39 is 24.9 Å². The Balaban J connectivity index is 1.66. The highest BCUT2D eigenvalue weighted by molar-refractivity contribution is 5.98. The quantitative estimate of drug-likeness (QED) is 0.864. The molecule has 21 heavy (non-hydrogen) atoms. The maximum Gasteiger partial charge on any atom is 0.262 e. The van der Waals surface area contributed by atoms with Crippen molar-refractivity contribution in [2.75, 3.05) is 18.0 Å². The Morgan fingerprint density at radius 2 is 2.14 bits per heavy atom. The number of halogens is 2. The molecule has 1 aromatic carbocycles. The molecule has 2 aliphatic heterocycles. The standard InChI is InChI=1S/C14H14F2N4O/c15-14(16)7-10(17-8-14)12(21)20-6-5-19-11-4-2-1-3-9(11)18-13(19)20/h1-4,10,17H,5-8H2. The van der Waals surface area contributed by atoms with Gasteiger partial charge in [0.15, 0.2) is 0 Å². The van der Waals surface area contributed by atoms with Crippen molar-refractivity contribution in [3.8, 4) is 0 Å². The van der Waals surface area contributed by atoms with Crippen LogP contribution in [0.1, 0.15) is 6.42 Å². The molecule has 5 nitrogen and oxygen atoms in total. The summed E-state index contributed by atoms with van der Waals surface area (Å²) in [7, 11) is 0. The second-order valence-electron chi connectivity index (χ2n) is 5.54. The van der Waals surface area contributed by atoms with E-state index in [4.69, 9.17) is 0 Å². The fourth-order valence-corrected chi connectivity index (χ4v) is 3.08. The third-order valence-electron chi connectivity index (χ3n) is 4.10. The molecule has 1 N–H and O–H groups in total. The number of carbonyl (C=O) groups is 1. The molecule has 1 atom stereocenters. The van der Waals surface area contributed by atoms with Gasteiger partial charge in [0.25, 0.3) is 5.92 Å². The Bertz CT molecular complexity index is 727. The number of carbonyl (C=O) groups excluding carboxylic acids is 1. The molecule has 7 heteroatoms. The van der Waals surface area contributed by atoms with Crippen LogP contribution in [0.15, 0.2) is 24.3 Å². The van der Waals surface area contributed by atoms with Gasteiger partial charge in [-0.2, -0.15) is 0 Å². The van der Waals surface area contributed by atoms with E-state index in [-0.39, 0.29) is 5.91 Å². The van der Waals surface area contributed by atoms with Crippen molar-refractivity contribution < 1.29 is 13.6 Å². The van der Waals surface area contributed by atoms with Gasteiger partial charge in [0.05, 0.1) is 23.6 Å². The predicted octanol–water partition coefficient (Wildman–Crippen LogP) is 1.38. The van der Waals surface area contributed by atoms with E-state index in [1.54, 1.807) is 0 Å². The number of alkyl halides is 2. The van der Waals surface area contributed by atoms with Gasteiger partial charge in [-0.3, -0.25) is 15.0 Å². The van der Waals surface area contributed by atoms with E-state index in [0.717, 1.165) is 11.0 Å². The summed E-state index contributed by atoms with van der Waals surface area (Å²) in [5, 5.41) is 2.61. The molecule has 3 heterocycles. The fourth-order valence-electron chi connectivity index (χ4n) is 3.08. The summed E-state index contributed by atoms with van der Waals surface area (Å²) in [6.45, 7) is 0.689. The number of rotatable bonds is 1. The molecule has 2 aromatic rings. The van der Waals surface area contributed by atoms with Gasteiger partial charge < -0.3 is 4.57 Å². The topological polar surface area (TPSA) is 50.2 Å². The molecule has 0 radical (unpaired) electrons. The second kappa shape index (κ2) is 4.24. The minimum absolute atomic E-state index is 0.318. The van der Waals surface area contributed by atoms with E-state index in [2.05, 4.69) is 10.3 Å². The third-order valence-corrected chi connectivity index (χ3v) is 4.10. The van der Waals surface area contributed by atoms with Crippen LogP contribution in [0.2, 0.25) is 0 Å². The highest BCUT2D eigenvalue weighted by Gasteiger charge is 2.45. The number of nitrogens with zero attached hydrogens (tertiary/aromatic N) is 3. The Labute approximate surface area is 119 Å². The molecule has 1 unspecified atom stereocenters. The molecule has 1 saturated heterocycles. The zero-order valence-corrected chi connectivity index (χ0v) is 11.2. The zero-order chi connectivity index (χ0) is 14.6. The van der Waals surface area contributed by atoms with Crippen molar-refractivity contribution in [1.29, 1.82) is 0 Å². The van der Waals surface area contributed by atoms with Crippen LogP contribution in [-0.2, 0) is 11.3 Å². The second-order valence-corrected chi connectivity index (χ2v) is 5.54. The average molecular weight is 292 g/mol. The summed E-state index contributed by atoms with van der Waals surface area (Å²) < 4.78 is 28.5. The van der Waals surface area contributed by atoms with Gasteiger partial charge in [0, 0.05) is 19.5 Å². The lowest BCUT2D eigenvalue weighted by atomic mass is 10.2. The Morgan fingerprint density at radius 1 is 1.33 bits per heavy atom. The molecule has 0 aliphatic carbocycles. The van der Waals surface area contributed by atoms with Gasteiger partial charge in [-0.15, -0.1) is 0 Å². The van der Waals surface area contributed by atoms with E-state index >= 15 is 0 Å².